The Labute approximate surface area is 152 Å². The zero-order valence-electron chi connectivity index (χ0n) is 13.8. The first kappa shape index (κ1) is 18.8. The number of benzene rings is 2. The van der Waals surface area contributed by atoms with E-state index in [2.05, 4.69) is 15.9 Å². The fraction of sp³-hybridized carbons (Fsp3) is 0.222. The molecular weight excluding hydrogens is 392 g/mol. The van der Waals surface area contributed by atoms with Crippen molar-refractivity contribution in [3.8, 4) is 17.2 Å². The Bertz CT molecular complexity index is 901. The van der Waals surface area contributed by atoms with Crippen LogP contribution in [0.3, 0.4) is 0 Å². The molecule has 25 heavy (non-hydrogen) atoms. The molecule has 4 N–H and O–H groups in total. The van der Waals surface area contributed by atoms with Gasteiger partial charge in [0.1, 0.15) is 22.8 Å². The van der Waals surface area contributed by atoms with E-state index in [4.69, 9.17) is 5.11 Å². The van der Waals surface area contributed by atoms with E-state index in [0.29, 0.717) is 16.7 Å². The van der Waals surface area contributed by atoms with Gasteiger partial charge in [-0.05, 0) is 59.5 Å². The normalized spacial score (nSPS) is 10.7. The third-order valence-electron chi connectivity index (χ3n) is 4.18. The summed E-state index contributed by atoms with van der Waals surface area (Å²) in [4.78, 5) is 23.9. The summed E-state index contributed by atoms with van der Waals surface area (Å²) in [6, 6.07) is 2.86. The molecule has 0 heterocycles. The maximum atomic E-state index is 12.6. The standard InChI is InChI=1S/C18H17BrO6/c1-7-4-10(8(2)16(22)14(7)18(24)25)5-13(21)15-11(19)6-12(20)9(3)17(15)23/h4,6,20,22-23H,5H2,1-3H3,(H,24,25). The van der Waals surface area contributed by atoms with Gasteiger partial charge in [-0.3, -0.25) is 4.79 Å². The number of aryl methyl sites for hydroxylation is 1. The van der Waals surface area contributed by atoms with Crippen molar-refractivity contribution in [2.75, 3.05) is 0 Å². The molecule has 0 aliphatic carbocycles. The summed E-state index contributed by atoms with van der Waals surface area (Å²) in [5.41, 5.74) is 1.10. The van der Waals surface area contributed by atoms with Crippen LogP contribution in [0.1, 0.15) is 43.0 Å². The summed E-state index contributed by atoms with van der Waals surface area (Å²) < 4.78 is 0.249. The zero-order chi connectivity index (χ0) is 19.0. The van der Waals surface area contributed by atoms with Crippen molar-refractivity contribution in [1.29, 1.82) is 0 Å². The number of carboxylic acids is 1. The summed E-state index contributed by atoms with van der Waals surface area (Å²) in [6.45, 7) is 4.55. The summed E-state index contributed by atoms with van der Waals surface area (Å²) in [7, 11) is 0. The lowest BCUT2D eigenvalue weighted by atomic mass is 9.93. The van der Waals surface area contributed by atoms with Gasteiger partial charge in [-0.15, -0.1) is 0 Å². The summed E-state index contributed by atoms with van der Waals surface area (Å²) >= 11 is 3.16. The number of carboxylic acid groups (broad SMARTS) is 1. The largest absolute Gasteiger partial charge is 0.508 e. The smallest absolute Gasteiger partial charge is 0.339 e. The highest BCUT2D eigenvalue weighted by Crippen LogP contribution is 2.37. The SMILES string of the molecule is Cc1cc(CC(=O)c2c(Br)cc(O)c(C)c2O)c(C)c(O)c1C(=O)O. The molecule has 0 saturated carbocycles. The van der Waals surface area contributed by atoms with Crippen molar-refractivity contribution in [2.24, 2.45) is 0 Å². The molecule has 2 rings (SSSR count). The molecule has 0 radical (unpaired) electrons. The molecule has 0 aromatic heterocycles. The van der Waals surface area contributed by atoms with Gasteiger partial charge in [-0.2, -0.15) is 0 Å². The molecule has 2 aromatic rings. The first-order valence-corrected chi connectivity index (χ1v) is 8.15. The molecule has 0 bridgehead atoms. The third-order valence-corrected chi connectivity index (χ3v) is 4.81. The molecule has 0 aliphatic heterocycles. The second-order valence-corrected chi connectivity index (χ2v) is 6.69. The number of carbonyl (C=O) groups excluding carboxylic acids is 1. The lowest BCUT2D eigenvalue weighted by molar-refractivity contribution is 0.0692. The van der Waals surface area contributed by atoms with E-state index in [1.54, 1.807) is 0 Å². The Morgan fingerprint density at radius 1 is 0.960 bits per heavy atom. The van der Waals surface area contributed by atoms with E-state index in [-0.39, 0.29) is 44.8 Å². The van der Waals surface area contributed by atoms with Crippen LogP contribution in [0, 0.1) is 20.8 Å². The lowest BCUT2D eigenvalue weighted by Gasteiger charge is -2.14. The van der Waals surface area contributed by atoms with E-state index in [1.165, 1.54) is 32.9 Å². The molecule has 0 fully saturated rings. The lowest BCUT2D eigenvalue weighted by Crippen LogP contribution is -2.09. The maximum Gasteiger partial charge on any atom is 0.339 e. The first-order valence-electron chi connectivity index (χ1n) is 7.35. The number of phenols is 3. The van der Waals surface area contributed by atoms with Gasteiger partial charge in [0, 0.05) is 16.5 Å². The second kappa shape index (κ2) is 6.76. The summed E-state index contributed by atoms with van der Waals surface area (Å²) in [6.07, 6.45) is -0.142. The molecule has 7 heteroatoms. The van der Waals surface area contributed by atoms with Crippen LogP contribution in [-0.4, -0.2) is 32.2 Å². The van der Waals surface area contributed by atoms with Gasteiger partial charge in [0.05, 0.1) is 5.56 Å². The summed E-state index contributed by atoms with van der Waals surface area (Å²) in [5, 5.41) is 39.1. The van der Waals surface area contributed by atoms with Gasteiger partial charge in [-0.25, -0.2) is 4.79 Å². The Morgan fingerprint density at radius 3 is 2.08 bits per heavy atom. The van der Waals surface area contributed by atoms with Crippen LogP contribution in [0.15, 0.2) is 16.6 Å². The maximum absolute atomic E-state index is 12.6. The van der Waals surface area contributed by atoms with Gasteiger partial charge < -0.3 is 20.4 Å². The molecule has 6 nitrogen and oxygen atoms in total. The number of Topliss-reactive ketones (excluding diaryl/α,β-unsaturated/α-hetero) is 1. The fourth-order valence-electron chi connectivity index (χ4n) is 2.67. The van der Waals surface area contributed by atoms with Crippen LogP contribution in [-0.2, 0) is 6.42 Å². The van der Waals surface area contributed by atoms with Crippen LogP contribution >= 0.6 is 15.9 Å². The molecule has 0 unspecified atom stereocenters. The molecular formula is C18H17BrO6. The second-order valence-electron chi connectivity index (χ2n) is 5.83. The Morgan fingerprint density at radius 2 is 1.52 bits per heavy atom. The first-order chi connectivity index (χ1) is 11.6. The zero-order valence-corrected chi connectivity index (χ0v) is 15.4. The molecule has 132 valence electrons. The number of ketones is 1. The average molecular weight is 409 g/mol. The fourth-order valence-corrected chi connectivity index (χ4v) is 3.30. The van der Waals surface area contributed by atoms with Crippen LogP contribution in [0.4, 0.5) is 0 Å². The van der Waals surface area contributed by atoms with Crippen LogP contribution < -0.4 is 0 Å². The van der Waals surface area contributed by atoms with Crippen molar-refractivity contribution in [3.63, 3.8) is 0 Å². The van der Waals surface area contributed by atoms with Crippen molar-refractivity contribution in [3.05, 3.63) is 50.0 Å². The predicted molar refractivity (Wildman–Crippen MR) is 94.8 cm³/mol. The Hall–Kier alpha value is -2.54. The highest BCUT2D eigenvalue weighted by atomic mass is 79.9. The van der Waals surface area contributed by atoms with Crippen LogP contribution in [0.2, 0.25) is 0 Å². The average Bonchev–Trinajstić information content (AvgIpc) is 2.49. The Balaban J connectivity index is 2.50. The summed E-state index contributed by atoms with van der Waals surface area (Å²) in [5.74, 6) is -2.52. The van der Waals surface area contributed by atoms with E-state index < -0.39 is 11.8 Å². The van der Waals surface area contributed by atoms with Crippen molar-refractivity contribution in [2.45, 2.75) is 27.2 Å². The monoisotopic (exact) mass is 408 g/mol. The number of rotatable bonds is 4. The van der Waals surface area contributed by atoms with Gasteiger partial charge in [0.25, 0.3) is 0 Å². The predicted octanol–water partition coefficient (Wildman–Crippen LogP) is 3.61. The van der Waals surface area contributed by atoms with E-state index in [1.807, 2.05) is 0 Å². The number of hydrogen-bond acceptors (Lipinski definition) is 5. The number of halogens is 1. The molecule has 0 aliphatic rings. The van der Waals surface area contributed by atoms with Gasteiger partial charge in [0.2, 0.25) is 0 Å². The van der Waals surface area contributed by atoms with Crippen molar-refractivity contribution < 1.29 is 30.0 Å². The highest BCUT2D eigenvalue weighted by Gasteiger charge is 2.23. The van der Waals surface area contributed by atoms with Crippen LogP contribution in [0.5, 0.6) is 17.2 Å². The van der Waals surface area contributed by atoms with E-state index >= 15 is 0 Å². The third kappa shape index (κ3) is 3.32. The van der Waals surface area contributed by atoms with Crippen molar-refractivity contribution >= 4 is 27.7 Å². The molecule has 0 spiro atoms. The number of aromatic carboxylic acids is 1. The number of phenolic OH excluding ortho intramolecular Hbond substituents is 2. The Kier molecular flexibility index (Phi) is 5.08. The molecule has 0 atom stereocenters. The quantitative estimate of drug-likeness (QED) is 0.574. The van der Waals surface area contributed by atoms with Gasteiger partial charge in [0.15, 0.2) is 5.78 Å². The van der Waals surface area contributed by atoms with E-state index in [9.17, 15) is 24.9 Å². The minimum atomic E-state index is -1.24. The number of hydrogen-bond donors (Lipinski definition) is 4. The van der Waals surface area contributed by atoms with Gasteiger partial charge in [-0.1, -0.05) is 6.07 Å². The van der Waals surface area contributed by atoms with Crippen molar-refractivity contribution in [1.82, 2.24) is 0 Å². The number of carbonyl (C=O) groups is 2. The number of aromatic hydroxyl groups is 3. The molecule has 2 aromatic carbocycles. The molecule has 0 saturated heterocycles. The van der Waals surface area contributed by atoms with Crippen LogP contribution in [0.25, 0.3) is 0 Å². The van der Waals surface area contributed by atoms with Gasteiger partial charge >= 0.3 is 5.97 Å². The van der Waals surface area contributed by atoms with E-state index in [0.717, 1.165) is 0 Å². The highest BCUT2D eigenvalue weighted by molar-refractivity contribution is 9.10. The molecule has 0 amide bonds. The minimum Gasteiger partial charge on any atom is -0.508 e. The minimum absolute atomic E-state index is 0.0224. The topological polar surface area (TPSA) is 115 Å².